The summed E-state index contributed by atoms with van der Waals surface area (Å²) in [6.07, 6.45) is 0. The van der Waals surface area contributed by atoms with E-state index in [1.54, 1.807) is 48.5 Å². The summed E-state index contributed by atoms with van der Waals surface area (Å²) in [6.45, 7) is 10.1. The van der Waals surface area contributed by atoms with Gasteiger partial charge in [-0.05, 0) is 86.7 Å². The van der Waals surface area contributed by atoms with Gasteiger partial charge >= 0.3 is 7.82 Å². The van der Waals surface area contributed by atoms with E-state index in [1.165, 1.54) is 5.56 Å². The Balaban J connectivity index is 2.04. The summed E-state index contributed by atoms with van der Waals surface area (Å²) in [4.78, 5) is 0. The van der Waals surface area contributed by atoms with Gasteiger partial charge in [-0.25, -0.2) is 0 Å². The van der Waals surface area contributed by atoms with Gasteiger partial charge in [0.05, 0.1) is 0 Å². The van der Waals surface area contributed by atoms with Crippen LogP contribution in [0.1, 0.15) is 27.8 Å². The highest BCUT2D eigenvalue weighted by Crippen LogP contribution is 2.51. The van der Waals surface area contributed by atoms with Crippen LogP contribution in [0.2, 0.25) is 0 Å². The van der Waals surface area contributed by atoms with Crippen LogP contribution in [0.15, 0.2) is 60.7 Å². The number of hydrogen-bond acceptors (Lipinski definition) is 4. The third-order valence-corrected chi connectivity index (χ3v) is 6.33. The number of benzene rings is 3. The van der Waals surface area contributed by atoms with E-state index in [9.17, 15) is 4.57 Å². The minimum absolute atomic E-state index is 0.414. The first kappa shape index (κ1) is 20.0. The fraction of sp³-hybridized carbons (Fsp3) is 0.217. The van der Waals surface area contributed by atoms with Gasteiger partial charge in [0.1, 0.15) is 17.2 Å². The topological polar surface area (TPSA) is 44.8 Å². The predicted octanol–water partition coefficient (Wildman–Crippen LogP) is 6.87. The third kappa shape index (κ3) is 4.23. The zero-order valence-electron chi connectivity index (χ0n) is 16.9. The quantitative estimate of drug-likeness (QED) is 0.426. The van der Waals surface area contributed by atoms with Gasteiger partial charge in [0.15, 0.2) is 0 Å². The van der Waals surface area contributed by atoms with Crippen LogP contribution in [0.4, 0.5) is 0 Å². The Morgan fingerprint density at radius 2 is 0.893 bits per heavy atom. The maximum atomic E-state index is 13.7. The Morgan fingerprint density at radius 1 is 0.536 bits per heavy atom. The first-order valence-electron chi connectivity index (χ1n) is 9.16. The molecule has 28 heavy (non-hydrogen) atoms. The first-order chi connectivity index (χ1) is 13.3. The standard InChI is InChI=1S/C23H25O4P/c1-16-17(2)19(4)23(20(5)18(16)3)27-28(24,25-21-12-8-6-9-13-21)26-22-14-10-7-11-15-22/h6-15H,1-5H3. The molecular weight excluding hydrogens is 371 g/mol. The van der Waals surface area contributed by atoms with Crippen LogP contribution < -0.4 is 13.6 Å². The zero-order valence-corrected chi connectivity index (χ0v) is 17.7. The van der Waals surface area contributed by atoms with E-state index >= 15 is 0 Å². The Kier molecular flexibility index (Phi) is 5.81. The van der Waals surface area contributed by atoms with Gasteiger partial charge in [0, 0.05) is 0 Å². The fourth-order valence-electron chi connectivity index (χ4n) is 2.99. The van der Waals surface area contributed by atoms with Crippen molar-refractivity contribution >= 4 is 7.82 Å². The van der Waals surface area contributed by atoms with E-state index in [0.29, 0.717) is 17.2 Å². The van der Waals surface area contributed by atoms with Crippen molar-refractivity contribution in [3.05, 3.63) is 88.5 Å². The van der Waals surface area contributed by atoms with E-state index in [-0.39, 0.29) is 0 Å². The maximum absolute atomic E-state index is 13.7. The van der Waals surface area contributed by atoms with Gasteiger partial charge < -0.3 is 13.6 Å². The molecule has 0 saturated carbocycles. The number of hydrogen-bond donors (Lipinski definition) is 0. The molecule has 0 fully saturated rings. The molecule has 0 amide bonds. The highest BCUT2D eigenvalue weighted by Gasteiger charge is 2.35. The van der Waals surface area contributed by atoms with Crippen molar-refractivity contribution in [1.29, 1.82) is 0 Å². The van der Waals surface area contributed by atoms with Gasteiger partial charge in [0.2, 0.25) is 0 Å². The third-order valence-electron chi connectivity index (χ3n) is 5.06. The molecule has 0 bridgehead atoms. The van der Waals surface area contributed by atoms with Crippen molar-refractivity contribution in [2.24, 2.45) is 0 Å². The summed E-state index contributed by atoms with van der Waals surface area (Å²) >= 11 is 0. The second-order valence-electron chi connectivity index (χ2n) is 6.80. The number of phosphoric acid groups is 1. The molecule has 0 aliphatic carbocycles. The second-order valence-corrected chi connectivity index (χ2v) is 8.24. The SMILES string of the molecule is Cc1c(C)c(C)c(OP(=O)(Oc2ccccc2)Oc2ccccc2)c(C)c1C. The average molecular weight is 396 g/mol. The molecular formula is C23H25O4P. The first-order valence-corrected chi connectivity index (χ1v) is 10.6. The largest absolute Gasteiger partial charge is 0.647 e. The van der Waals surface area contributed by atoms with Crippen molar-refractivity contribution in [3.63, 3.8) is 0 Å². The molecule has 0 atom stereocenters. The van der Waals surface area contributed by atoms with E-state index < -0.39 is 7.82 Å². The predicted molar refractivity (Wildman–Crippen MR) is 113 cm³/mol. The lowest BCUT2D eigenvalue weighted by molar-refractivity contribution is 0.297. The second kappa shape index (κ2) is 8.12. The average Bonchev–Trinajstić information content (AvgIpc) is 2.70. The Hall–Kier alpha value is -2.71. The number of para-hydroxylation sites is 2. The smallest absolute Gasteiger partial charge is 0.386 e. The van der Waals surface area contributed by atoms with E-state index in [2.05, 4.69) is 6.92 Å². The lowest BCUT2D eigenvalue weighted by atomic mass is 9.94. The van der Waals surface area contributed by atoms with E-state index in [4.69, 9.17) is 13.6 Å². The minimum Gasteiger partial charge on any atom is -0.386 e. The van der Waals surface area contributed by atoms with Crippen molar-refractivity contribution in [2.75, 3.05) is 0 Å². The van der Waals surface area contributed by atoms with Gasteiger partial charge in [-0.3, -0.25) is 0 Å². The van der Waals surface area contributed by atoms with Crippen molar-refractivity contribution in [3.8, 4) is 17.2 Å². The summed E-state index contributed by atoms with van der Waals surface area (Å²) < 4.78 is 31.1. The summed E-state index contributed by atoms with van der Waals surface area (Å²) in [5.74, 6) is 1.37. The molecule has 0 N–H and O–H groups in total. The highest BCUT2D eigenvalue weighted by molar-refractivity contribution is 7.49. The Morgan fingerprint density at radius 3 is 1.29 bits per heavy atom. The molecule has 0 heterocycles. The summed E-state index contributed by atoms with van der Waals surface area (Å²) in [7, 11) is -3.99. The van der Waals surface area contributed by atoms with Gasteiger partial charge in [-0.2, -0.15) is 4.57 Å². The fourth-order valence-corrected chi connectivity index (χ4v) is 4.36. The molecule has 0 unspecified atom stereocenters. The molecule has 5 heteroatoms. The van der Waals surface area contributed by atoms with Crippen LogP contribution in [0, 0.1) is 34.6 Å². The van der Waals surface area contributed by atoms with Crippen LogP contribution >= 0.6 is 7.82 Å². The van der Waals surface area contributed by atoms with Crippen LogP contribution in [0.5, 0.6) is 17.2 Å². The lowest BCUT2D eigenvalue weighted by Crippen LogP contribution is -2.10. The molecule has 3 rings (SSSR count). The lowest BCUT2D eigenvalue weighted by Gasteiger charge is -2.23. The molecule has 0 aromatic heterocycles. The molecule has 4 nitrogen and oxygen atoms in total. The normalized spacial score (nSPS) is 11.2. The zero-order chi connectivity index (χ0) is 20.3. The molecule has 3 aromatic carbocycles. The Bertz CT molecular complexity index is 939. The summed E-state index contributed by atoms with van der Waals surface area (Å²) in [6, 6.07) is 17.8. The van der Waals surface area contributed by atoms with Crippen LogP contribution in [0.25, 0.3) is 0 Å². The van der Waals surface area contributed by atoms with Crippen LogP contribution in [-0.4, -0.2) is 0 Å². The monoisotopic (exact) mass is 396 g/mol. The van der Waals surface area contributed by atoms with Crippen molar-refractivity contribution < 1.29 is 18.1 Å². The maximum Gasteiger partial charge on any atom is 0.647 e. The highest BCUT2D eigenvalue weighted by atomic mass is 31.2. The van der Waals surface area contributed by atoms with E-state index in [0.717, 1.165) is 22.3 Å². The molecule has 3 aromatic rings. The van der Waals surface area contributed by atoms with E-state index in [1.807, 2.05) is 39.8 Å². The van der Waals surface area contributed by atoms with Gasteiger partial charge in [-0.15, -0.1) is 0 Å². The minimum atomic E-state index is -3.99. The van der Waals surface area contributed by atoms with Crippen molar-refractivity contribution in [1.82, 2.24) is 0 Å². The van der Waals surface area contributed by atoms with Crippen molar-refractivity contribution in [2.45, 2.75) is 34.6 Å². The van der Waals surface area contributed by atoms with Crippen LogP contribution in [0.3, 0.4) is 0 Å². The molecule has 0 radical (unpaired) electrons. The van der Waals surface area contributed by atoms with Gasteiger partial charge in [0.25, 0.3) is 0 Å². The molecule has 0 spiro atoms. The Labute approximate surface area is 166 Å². The summed E-state index contributed by atoms with van der Waals surface area (Å²) in [5.41, 5.74) is 5.25. The molecule has 0 aliphatic heterocycles. The molecule has 146 valence electrons. The number of phosphoric ester groups is 1. The van der Waals surface area contributed by atoms with Gasteiger partial charge in [-0.1, -0.05) is 36.4 Å². The summed E-state index contributed by atoms with van der Waals surface area (Å²) in [5, 5.41) is 0. The molecule has 0 aliphatic rings. The number of rotatable bonds is 6. The van der Waals surface area contributed by atoms with Crippen LogP contribution in [-0.2, 0) is 4.57 Å². The molecule has 0 saturated heterocycles.